The zero-order valence-electron chi connectivity index (χ0n) is 11.8. The number of carbonyl (C=O) groups is 2. The van der Waals surface area contributed by atoms with Crippen molar-refractivity contribution in [2.24, 2.45) is 0 Å². The molecule has 0 atom stereocenters. The lowest BCUT2D eigenvalue weighted by Crippen LogP contribution is -2.42. The molecule has 0 aliphatic rings. The minimum absolute atomic E-state index is 0.257. The van der Waals surface area contributed by atoms with Gasteiger partial charge in [-0.2, -0.15) is 0 Å². The molecule has 0 unspecified atom stereocenters. The molecule has 2 rings (SSSR count). The van der Waals surface area contributed by atoms with Crippen molar-refractivity contribution in [1.82, 2.24) is 20.2 Å². The fourth-order valence-corrected chi connectivity index (χ4v) is 1.98. The number of aryl methyl sites for hydroxylation is 1. The molecule has 0 spiro atoms. The van der Waals surface area contributed by atoms with Crippen LogP contribution in [0.25, 0.3) is 10.9 Å². The number of rotatable bonds is 3. The number of hydrogen-bond acceptors (Lipinski definition) is 4. The highest BCUT2D eigenvalue weighted by Crippen LogP contribution is 2.10. The van der Waals surface area contributed by atoms with Gasteiger partial charge in [0.1, 0.15) is 6.54 Å². The number of aromatic nitrogens is 2. The quantitative estimate of drug-likeness (QED) is 0.862. The Bertz CT molecular complexity index is 751. The van der Waals surface area contributed by atoms with E-state index in [1.54, 1.807) is 19.1 Å². The molecule has 7 nitrogen and oxygen atoms in total. The zero-order valence-corrected chi connectivity index (χ0v) is 11.8. The summed E-state index contributed by atoms with van der Waals surface area (Å²) in [5.41, 5.74) is 1.20. The van der Waals surface area contributed by atoms with Gasteiger partial charge in [0, 0.05) is 6.54 Å². The highest BCUT2D eigenvalue weighted by Gasteiger charge is 2.11. The number of nitrogens with zero attached hydrogens (tertiary/aromatic N) is 2. The van der Waals surface area contributed by atoms with Gasteiger partial charge < -0.3 is 5.32 Å². The number of nitrogens with one attached hydrogen (secondary N) is 2. The van der Waals surface area contributed by atoms with Gasteiger partial charge in [0.2, 0.25) is 5.91 Å². The third-order valence-corrected chi connectivity index (χ3v) is 2.96. The molecule has 0 aliphatic carbocycles. The maximum Gasteiger partial charge on any atom is 0.321 e. The van der Waals surface area contributed by atoms with E-state index in [4.69, 9.17) is 0 Å². The van der Waals surface area contributed by atoms with Crippen molar-refractivity contribution in [1.29, 1.82) is 0 Å². The van der Waals surface area contributed by atoms with Crippen LogP contribution in [0.5, 0.6) is 0 Å². The van der Waals surface area contributed by atoms with Crippen molar-refractivity contribution in [3.05, 3.63) is 40.4 Å². The highest BCUT2D eigenvalue weighted by atomic mass is 16.2. The number of imide groups is 1. The summed E-state index contributed by atoms with van der Waals surface area (Å²) in [5.74, 6) is -0.572. The summed E-state index contributed by atoms with van der Waals surface area (Å²) in [6.07, 6.45) is 1.31. The minimum Gasteiger partial charge on any atom is -0.338 e. The molecular weight excluding hydrogens is 272 g/mol. The first-order valence-corrected chi connectivity index (χ1v) is 6.55. The van der Waals surface area contributed by atoms with Gasteiger partial charge in [-0.05, 0) is 25.5 Å². The van der Waals surface area contributed by atoms with Crippen LogP contribution in [0.1, 0.15) is 12.5 Å². The van der Waals surface area contributed by atoms with Gasteiger partial charge >= 0.3 is 6.03 Å². The largest absolute Gasteiger partial charge is 0.338 e. The third-order valence-electron chi connectivity index (χ3n) is 2.96. The average Bonchev–Trinajstić information content (AvgIpc) is 2.43. The lowest BCUT2D eigenvalue weighted by atomic mass is 10.1. The standard InChI is InChI=1S/C14H16N4O3/c1-3-15-14(21)17-11(19)7-18-8-16-12-9(2)5-4-6-10(12)13(18)20/h4-6,8H,3,7H2,1-2H3,(H2,15,17,19,21). The smallest absolute Gasteiger partial charge is 0.321 e. The van der Waals surface area contributed by atoms with E-state index in [2.05, 4.69) is 15.6 Å². The number of fused-ring (bicyclic) bond motifs is 1. The lowest BCUT2D eigenvalue weighted by molar-refractivity contribution is -0.120. The van der Waals surface area contributed by atoms with E-state index in [1.165, 1.54) is 10.9 Å². The Morgan fingerprint density at radius 2 is 2.10 bits per heavy atom. The molecule has 0 bridgehead atoms. The lowest BCUT2D eigenvalue weighted by Gasteiger charge is -2.08. The fourth-order valence-electron chi connectivity index (χ4n) is 1.98. The topological polar surface area (TPSA) is 93.1 Å². The summed E-state index contributed by atoms with van der Waals surface area (Å²) < 4.78 is 1.18. The summed E-state index contributed by atoms with van der Waals surface area (Å²) >= 11 is 0. The van der Waals surface area contributed by atoms with Crippen molar-refractivity contribution < 1.29 is 9.59 Å². The monoisotopic (exact) mass is 288 g/mol. The summed E-state index contributed by atoms with van der Waals surface area (Å²) in [7, 11) is 0. The van der Waals surface area contributed by atoms with Crippen molar-refractivity contribution in [3.63, 3.8) is 0 Å². The average molecular weight is 288 g/mol. The molecule has 0 saturated carbocycles. The molecule has 1 heterocycles. The Balaban J connectivity index is 2.24. The molecule has 0 fully saturated rings. The molecule has 7 heteroatoms. The molecular formula is C14H16N4O3. The van der Waals surface area contributed by atoms with E-state index >= 15 is 0 Å². The Morgan fingerprint density at radius 1 is 1.33 bits per heavy atom. The van der Waals surface area contributed by atoms with Crippen molar-refractivity contribution in [2.75, 3.05) is 6.54 Å². The van der Waals surface area contributed by atoms with Crippen LogP contribution in [0.15, 0.2) is 29.3 Å². The molecule has 3 amide bonds. The Labute approximate surface area is 121 Å². The Kier molecular flexibility index (Phi) is 4.32. The number of para-hydroxylation sites is 1. The molecule has 0 saturated heterocycles. The molecule has 1 aromatic carbocycles. The zero-order chi connectivity index (χ0) is 15.4. The van der Waals surface area contributed by atoms with Gasteiger partial charge in [-0.15, -0.1) is 0 Å². The van der Waals surface area contributed by atoms with Crippen LogP contribution < -0.4 is 16.2 Å². The van der Waals surface area contributed by atoms with E-state index in [9.17, 15) is 14.4 Å². The van der Waals surface area contributed by atoms with E-state index in [1.807, 2.05) is 13.0 Å². The van der Waals surface area contributed by atoms with E-state index in [0.717, 1.165) is 5.56 Å². The second-order valence-electron chi connectivity index (χ2n) is 4.56. The maximum absolute atomic E-state index is 12.3. The number of hydrogen-bond donors (Lipinski definition) is 2. The highest BCUT2D eigenvalue weighted by molar-refractivity contribution is 5.94. The molecule has 2 N–H and O–H groups in total. The Morgan fingerprint density at radius 3 is 2.81 bits per heavy atom. The van der Waals surface area contributed by atoms with Crippen LogP contribution in [0, 0.1) is 6.92 Å². The molecule has 0 aliphatic heterocycles. The van der Waals surface area contributed by atoms with Crippen molar-refractivity contribution in [3.8, 4) is 0 Å². The third kappa shape index (κ3) is 3.25. The van der Waals surface area contributed by atoms with Gasteiger partial charge in [-0.25, -0.2) is 9.78 Å². The second kappa shape index (κ2) is 6.17. The molecule has 2 aromatic rings. The first-order chi connectivity index (χ1) is 10.0. The predicted octanol–water partition coefficient (Wildman–Crippen LogP) is 0.551. The Hall–Kier alpha value is -2.70. The maximum atomic E-state index is 12.3. The normalized spacial score (nSPS) is 10.4. The number of benzene rings is 1. The summed E-state index contributed by atoms with van der Waals surface area (Å²) in [6, 6.07) is 4.71. The van der Waals surface area contributed by atoms with Gasteiger partial charge in [-0.1, -0.05) is 12.1 Å². The van der Waals surface area contributed by atoms with Crippen LogP contribution in [-0.4, -0.2) is 28.0 Å². The summed E-state index contributed by atoms with van der Waals surface area (Å²) in [4.78, 5) is 39.4. The van der Waals surface area contributed by atoms with Crippen molar-refractivity contribution >= 4 is 22.8 Å². The first kappa shape index (κ1) is 14.7. The molecule has 21 heavy (non-hydrogen) atoms. The van der Waals surface area contributed by atoms with Crippen LogP contribution in [0.4, 0.5) is 4.79 Å². The van der Waals surface area contributed by atoms with Crippen LogP contribution in [-0.2, 0) is 11.3 Å². The molecule has 110 valence electrons. The van der Waals surface area contributed by atoms with E-state index in [-0.39, 0.29) is 12.1 Å². The van der Waals surface area contributed by atoms with Gasteiger partial charge in [0.25, 0.3) is 5.56 Å². The van der Waals surface area contributed by atoms with Gasteiger partial charge in [-0.3, -0.25) is 19.5 Å². The number of amides is 3. The van der Waals surface area contributed by atoms with Gasteiger partial charge in [0.15, 0.2) is 0 Å². The SMILES string of the molecule is CCNC(=O)NC(=O)Cn1cnc2c(C)cccc2c1=O. The predicted molar refractivity (Wildman–Crippen MR) is 78.0 cm³/mol. The van der Waals surface area contributed by atoms with Crippen LogP contribution in [0.2, 0.25) is 0 Å². The summed E-state index contributed by atoms with van der Waals surface area (Å²) in [5, 5.41) is 5.03. The van der Waals surface area contributed by atoms with E-state index in [0.29, 0.717) is 17.4 Å². The number of carbonyl (C=O) groups excluding carboxylic acids is 2. The summed E-state index contributed by atoms with van der Waals surface area (Å²) in [6.45, 7) is 3.76. The second-order valence-corrected chi connectivity index (χ2v) is 4.56. The van der Waals surface area contributed by atoms with Gasteiger partial charge in [0.05, 0.1) is 17.2 Å². The molecule has 0 radical (unpaired) electrons. The number of urea groups is 1. The molecule has 1 aromatic heterocycles. The van der Waals surface area contributed by atoms with E-state index < -0.39 is 11.9 Å². The first-order valence-electron chi connectivity index (χ1n) is 6.55. The van der Waals surface area contributed by atoms with Crippen LogP contribution >= 0.6 is 0 Å². The van der Waals surface area contributed by atoms with Crippen molar-refractivity contribution in [2.45, 2.75) is 20.4 Å². The van der Waals surface area contributed by atoms with Crippen LogP contribution in [0.3, 0.4) is 0 Å². The minimum atomic E-state index is -0.583. The fraction of sp³-hybridized carbons (Fsp3) is 0.286.